The maximum Gasteiger partial charge on any atom is 0.260 e. The predicted molar refractivity (Wildman–Crippen MR) is 112 cm³/mol. The molecule has 0 bridgehead atoms. The highest BCUT2D eigenvalue weighted by molar-refractivity contribution is 7.15. The average Bonchev–Trinajstić information content (AvgIpc) is 3.33. The van der Waals surface area contributed by atoms with Crippen LogP contribution in [0.2, 0.25) is 0 Å². The van der Waals surface area contributed by atoms with Crippen molar-refractivity contribution in [3.63, 3.8) is 0 Å². The van der Waals surface area contributed by atoms with E-state index in [2.05, 4.69) is 20.5 Å². The summed E-state index contributed by atoms with van der Waals surface area (Å²) in [6, 6.07) is 7.64. The highest BCUT2D eigenvalue weighted by atomic mass is 32.1. The third-order valence-corrected chi connectivity index (χ3v) is 5.85. The first-order valence-electron chi connectivity index (χ1n) is 9.39. The Morgan fingerprint density at radius 3 is 2.90 bits per heavy atom. The van der Waals surface area contributed by atoms with Gasteiger partial charge in [0.1, 0.15) is 6.26 Å². The van der Waals surface area contributed by atoms with Gasteiger partial charge in [-0.3, -0.25) is 19.8 Å². The zero-order chi connectivity index (χ0) is 20.4. The van der Waals surface area contributed by atoms with Gasteiger partial charge in [0.05, 0.1) is 24.1 Å². The van der Waals surface area contributed by atoms with Gasteiger partial charge in [-0.1, -0.05) is 12.1 Å². The number of furan rings is 1. The molecule has 3 aromatic rings. The molecule has 0 atom stereocenters. The molecule has 0 aliphatic carbocycles. The van der Waals surface area contributed by atoms with Crippen LogP contribution in [0.15, 0.2) is 41.2 Å². The van der Waals surface area contributed by atoms with E-state index in [1.165, 1.54) is 23.9 Å². The molecule has 0 spiro atoms. The van der Waals surface area contributed by atoms with Crippen molar-refractivity contribution < 1.29 is 14.0 Å². The van der Waals surface area contributed by atoms with Crippen molar-refractivity contribution in [3.8, 4) is 0 Å². The standard InChI is InChI=1S/C21H22N4O3S/c1-13-3-4-14(2)17(9-13)22-19(26)11-25-7-5-16-18(10-25)29-21(23-16)24-20(27)15-6-8-28-12-15/h3-4,6,8-9,12H,5,7,10-11H2,1-2H3,(H,22,26)(H,23,24,27). The summed E-state index contributed by atoms with van der Waals surface area (Å²) < 4.78 is 4.94. The number of benzene rings is 1. The third kappa shape index (κ3) is 4.55. The maximum absolute atomic E-state index is 12.5. The van der Waals surface area contributed by atoms with Gasteiger partial charge >= 0.3 is 0 Å². The van der Waals surface area contributed by atoms with Crippen molar-refractivity contribution in [2.24, 2.45) is 0 Å². The molecule has 2 amide bonds. The van der Waals surface area contributed by atoms with Crippen molar-refractivity contribution in [2.75, 3.05) is 23.7 Å². The number of amides is 2. The van der Waals surface area contributed by atoms with Gasteiger partial charge in [0.25, 0.3) is 5.91 Å². The van der Waals surface area contributed by atoms with Crippen LogP contribution in [0, 0.1) is 13.8 Å². The van der Waals surface area contributed by atoms with Crippen molar-refractivity contribution in [1.82, 2.24) is 9.88 Å². The molecule has 29 heavy (non-hydrogen) atoms. The number of hydrogen-bond donors (Lipinski definition) is 2. The number of anilines is 2. The second-order valence-electron chi connectivity index (χ2n) is 7.18. The van der Waals surface area contributed by atoms with Gasteiger partial charge < -0.3 is 9.73 Å². The number of thiazole rings is 1. The quantitative estimate of drug-likeness (QED) is 0.671. The first-order chi connectivity index (χ1) is 14.0. The first-order valence-corrected chi connectivity index (χ1v) is 10.2. The Bertz CT molecular complexity index is 1040. The molecule has 0 radical (unpaired) electrons. The van der Waals surface area contributed by atoms with E-state index in [-0.39, 0.29) is 11.8 Å². The summed E-state index contributed by atoms with van der Waals surface area (Å²) in [5.74, 6) is -0.269. The van der Waals surface area contributed by atoms with E-state index in [4.69, 9.17) is 4.42 Å². The first kappa shape index (κ1) is 19.4. The summed E-state index contributed by atoms with van der Waals surface area (Å²) in [5, 5.41) is 6.39. The SMILES string of the molecule is Cc1ccc(C)c(NC(=O)CN2CCc3nc(NC(=O)c4ccoc4)sc3C2)c1. The van der Waals surface area contributed by atoms with Crippen LogP contribution >= 0.6 is 11.3 Å². The van der Waals surface area contributed by atoms with Gasteiger partial charge in [-0.05, 0) is 37.1 Å². The summed E-state index contributed by atoms with van der Waals surface area (Å²) in [5.41, 5.74) is 4.47. The Hall–Kier alpha value is -2.97. The second kappa shape index (κ2) is 8.18. The molecule has 1 aliphatic heterocycles. The molecule has 7 nitrogen and oxygen atoms in total. The molecule has 150 valence electrons. The largest absolute Gasteiger partial charge is 0.472 e. The summed E-state index contributed by atoms with van der Waals surface area (Å²) in [6.45, 7) is 5.72. The van der Waals surface area contributed by atoms with Gasteiger partial charge in [0.2, 0.25) is 5.91 Å². The minimum atomic E-state index is -0.241. The number of fused-ring (bicyclic) bond motifs is 1. The van der Waals surface area contributed by atoms with E-state index in [9.17, 15) is 9.59 Å². The lowest BCUT2D eigenvalue weighted by Crippen LogP contribution is -2.36. The predicted octanol–water partition coefficient (Wildman–Crippen LogP) is 3.60. The summed E-state index contributed by atoms with van der Waals surface area (Å²) in [7, 11) is 0. The van der Waals surface area contributed by atoms with Gasteiger partial charge in [-0.2, -0.15) is 0 Å². The smallest absolute Gasteiger partial charge is 0.260 e. The molecular weight excluding hydrogens is 388 g/mol. The summed E-state index contributed by atoms with van der Waals surface area (Å²) in [6.07, 6.45) is 3.62. The van der Waals surface area contributed by atoms with Crippen molar-refractivity contribution in [3.05, 3.63) is 64.1 Å². The van der Waals surface area contributed by atoms with Crippen LogP contribution < -0.4 is 10.6 Å². The lowest BCUT2D eigenvalue weighted by Gasteiger charge is -2.25. The molecule has 4 rings (SSSR count). The van der Waals surface area contributed by atoms with Crippen molar-refractivity contribution in [2.45, 2.75) is 26.8 Å². The van der Waals surface area contributed by atoms with E-state index >= 15 is 0 Å². The number of aromatic nitrogens is 1. The Balaban J connectivity index is 1.36. The monoisotopic (exact) mass is 410 g/mol. The average molecular weight is 410 g/mol. The molecule has 3 heterocycles. The highest BCUT2D eigenvalue weighted by Gasteiger charge is 2.23. The number of nitrogens with zero attached hydrogens (tertiary/aromatic N) is 2. The van der Waals surface area contributed by atoms with Crippen LogP contribution in [-0.4, -0.2) is 34.8 Å². The number of carbonyl (C=O) groups excluding carboxylic acids is 2. The molecule has 0 unspecified atom stereocenters. The summed E-state index contributed by atoms with van der Waals surface area (Å²) >= 11 is 1.45. The fourth-order valence-electron chi connectivity index (χ4n) is 3.26. The number of carbonyl (C=O) groups is 2. The van der Waals surface area contributed by atoms with Crippen LogP contribution in [0.4, 0.5) is 10.8 Å². The van der Waals surface area contributed by atoms with Crippen LogP contribution in [0.1, 0.15) is 32.1 Å². The minimum absolute atomic E-state index is 0.0276. The topological polar surface area (TPSA) is 87.5 Å². The molecule has 1 aliphatic rings. The molecule has 2 aromatic heterocycles. The normalized spacial score (nSPS) is 13.7. The van der Waals surface area contributed by atoms with Gasteiger partial charge in [-0.25, -0.2) is 4.98 Å². The Morgan fingerprint density at radius 1 is 1.24 bits per heavy atom. The van der Waals surface area contributed by atoms with Crippen molar-refractivity contribution >= 4 is 34.0 Å². The Kier molecular flexibility index (Phi) is 5.46. The van der Waals surface area contributed by atoms with Crippen LogP contribution in [0.5, 0.6) is 0 Å². The zero-order valence-electron chi connectivity index (χ0n) is 16.3. The fraction of sp³-hybridized carbons (Fsp3) is 0.286. The van der Waals surface area contributed by atoms with Crippen LogP contribution in [0.25, 0.3) is 0 Å². The van der Waals surface area contributed by atoms with Gasteiger partial charge in [0, 0.05) is 30.1 Å². The Labute approximate surface area is 172 Å². The third-order valence-electron chi connectivity index (χ3n) is 4.85. The highest BCUT2D eigenvalue weighted by Crippen LogP contribution is 2.28. The maximum atomic E-state index is 12.5. The molecule has 0 saturated carbocycles. The molecular formula is C21H22N4O3S. The fourth-order valence-corrected chi connectivity index (χ4v) is 4.31. The molecule has 0 fully saturated rings. The number of nitrogens with one attached hydrogen (secondary N) is 2. The molecule has 1 aromatic carbocycles. The molecule has 8 heteroatoms. The van der Waals surface area contributed by atoms with E-state index in [0.29, 0.717) is 23.8 Å². The molecule has 0 saturated heterocycles. The second-order valence-corrected chi connectivity index (χ2v) is 8.27. The lowest BCUT2D eigenvalue weighted by atomic mass is 10.1. The van der Waals surface area contributed by atoms with E-state index in [0.717, 1.165) is 40.4 Å². The number of aryl methyl sites for hydroxylation is 2. The van der Waals surface area contributed by atoms with Crippen LogP contribution in [-0.2, 0) is 17.8 Å². The Morgan fingerprint density at radius 2 is 2.10 bits per heavy atom. The van der Waals surface area contributed by atoms with E-state index in [1.807, 2.05) is 32.0 Å². The zero-order valence-corrected chi connectivity index (χ0v) is 17.1. The van der Waals surface area contributed by atoms with E-state index < -0.39 is 0 Å². The van der Waals surface area contributed by atoms with Crippen molar-refractivity contribution in [1.29, 1.82) is 0 Å². The lowest BCUT2D eigenvalue weighted by molar-refractivity contribution is -0.117. The van der Waals surface area contributed by atoms with Gasteiger partial charge in [0.15, 0.2) is 5.13 Å². The number of rotatable bonds is 5. The summed E-state index contributed by atoms with van der Waals surface area (Å²) in [4.78, 5) is 32.4. The number of hydrogen-bond acceptors (Lipinski definition) is 6. The minimum Gasteiger partial charge on any atom is -0.472 e. The van der Waals surface area contributed by atoms with Crippen LogP contribution in [0.3, 0.4) is 0 Å². The van der Waals surface area contributed by atoms with E-state index in [1.54, 1.807) is 6.07 Å². The molecule has 2 N–H and O–H groups in total. The van der Waals surface area contributed by atoms with Gasteiger partial charge in [-0.15, -0.1) is 11.3 Å².